The topological polar surface area (TPSA) is 18.5 Å². The Hall–Kier alpha value is -0.711. The van der Waals surface area contributed by atoms with Crippen molar-refractivity contribution in [3.8, 4) is 0 Å². The average Bonchev–Trinajstić information content (AvgIpc) is 2.72. The molecular weight excluding hydrogens is 410 g/mol. The largest absolute Gasteiger partial charge is 0.478 e. The van der Waals surface area contributed by atoms with E-state index in [1.165, 1.54) is 0 Å². The first-order chi connectivity index (χ1) is 13.1. The van der Waals surface area contributed by atoms with E-state index in [4.69, 9.17) is 8.69 Å². The van der Waals surface area contributed by atoms with E-state index in [9.17, 15) is 22.0 Å². The molecule has 1 rings (SSSR count). The molecule has 10 heteroatoms. The Morgan fingerprint density at radius 3 is 1.04 bits per heavy atom. The third-order valence-electron chi connectivity index (χ3n) is 6.06. The molecule has 0 atom stereocenters. The summed E-state index contributed by atoms with van der Waals surface area (Å²) in [6, 6.07) is 3.88. The second-order valence-electron chi connectivity index (χ2n) is 7.04. The third kappa shape index (κ3) is 4.88. The second-order valence-corrected chi connectivity index (χ2v) is 16.5. The summed E-state index contributed by atoms with van der Waals surface area (Å²) in [6.45, 7) is 11.5. The van der Waals surface area contributed by atoms with Crippen molar-refractivity contribution < 1.29 is 30.6 Å². The Morgan fingerprint density at radius 2 is 0.786 bits per heavy atom. The fourth-order valence-electron chi connectivity index (χ4n) is 3.42. The quantitative estimate of drug-likeness (QED) is 0.179. The van der Waals surface area contributed by atoms with Crippen LogP contribution in [-0.4, -0.2) is 23.8 Å². The van der Waals surface area contributed by atoms with Crippen LogP contribution in [0.5, 0.6) is 0 Å². The number of hydrogen-bond acceptors (Lipinski definition) is 2. The highest BCUT2D eigenvalue weighted by atomic mass is 28.4. The first-order valence-corrected chi connectivity index (χ1v) is 15.0. The normalized spacial score (nSPS) is 12.5. The van der Waals surface area contributed by atoms with Crippen LogP contribution in [0.15, 0.2) is 0 Å². The number of halogens is 5. The van der Waals surface area contributed by atoms with E-state index in [-0.39, 0.29) is 0 Å². The molecule has 2 nitrogen and oxygen atoms in total. The molecule has 0 spiro atoms. The van der Waals surface area contributed by atoms with Crippen molar-refractivity contribution in [1.82, 2.24) is 0 Å². The predicted octanol–water partition coefficient (Wildman–Crippen LogP) is 6.12. The summed E-state index contributed by atoms with van der Waals surface area (Å²) >= 11 is 0. The zero-order valence-corrected chi connectivity index (χ0v) is 19.5. The van der Waals surface area contributed by atoms with Crippen molar-refractivity contribution in [2.75, 3.05) is 0 Å². The molecule has 0 aromatic heterocycles. The van der Waals surface area contributed by atoms with Gasteiger partial charge in [-0.2, -0.15) is 0 Å². The summed E-state index contributed by atoms with van der Waals surface area (Å²) in [6.07, 6.45) is 0. The summed E-state index contributed by atoms with van der Waals surface area (Å²) in [4.78, 5) is 0. The van der Waals surface area contributed by atoms with Crippen LogP contribution in [0.3, 0.4) is 0 Å². The Balaban J connectivity index is 3.65. The van der Waals surface area contributed by atoms with Gasteiger partial charge in [-0.15, -0.1) is 0 Å². The number of benzene rings is 1. The molecule has 0 fully saturated rings. The maximum atomic E-state index is 14.6. The van der Waals surface area contributed by atoms with Gasteiger partial charge in [0.2, 0.25) is 0 Å². The van der Waals surface area contributed by atoms with Gasteiger partial charge in [0, 0.05) is 0 Å². The molecule has 0 aliphatic carbocycles. The Morgan fingerprint density at radius 1 is 0.536 bits per heavy atom. The first kappa shape index (κ1) is 25.3. The van der Waals surface area contributed by atoms with E-state index in [1.54, 1.807) is 0 Å². The minimum atomic E-state index is -2.47. The standard InChI is InChI=1S/C18H30BF5O2Si2/c1-7-27(8-2,9-3)25-19(26-28(10-4,11-5)12-6)13-14(20)16(22)18(24)17(23)15(13)21/h7-12H2,1-6H3. The van der Waals surface area contributed by atoms with Crippen molar-refractivity contribution in [1.29, 1.82) is 0 Å². The average molecular weight is 440 g/mol. The van der Waals surface area contributed by atoms with Crippen molar-refractivity contribution in [3.63, 3.8) is 0 Å². The lowest BCUT2D eigenvalue weighted by Gasteiger charge is -2.37. The Bertz CT molecular complexity index is 602. The van der Waals surface area contributed by atoms with Gasteiger partial charge in [0.25, 0.3) is 0 Å². The highest BCUT2D eigenvalue weighted by Crippen LogP contribution is 2.29. The molecule has 0 N–H and O–H groups in total. The van der Waals surface area contributed by atoms with Gasteiger partial charge in [-0.1, -0.05) is 41.5 Å². The van der Waals surface area contributed by atoms with Crippen LogP contribution in [0, 0.1) is 29.1 Å². The molecule has 0 unspecified atom stereocenters. The van der Waals surface area contributed by atoms with E-state index >= 15 is 0 Å². The summed E-state index contributed by atoms with van der Waals surface area (Å²) in [5, 5.41) is 0. The molecule has 0 aliphatic heterocycles. The molecule has 0 heterocycles. The van der Waals surface area contributed by atoms with Crippen molar-refractivity contribution in [2.45, 2.75) is 77.8 Å². The second kappa shape index (κ2) is 10.4. The van der Waals surface area contributed by atoms with E-state index in [0.29, 0.717) is 36.3 Å². The smallest absolute Gasteiger partial charge is 0.449 e. The van der Waals surface area contributed by atoms with Crippen LogP contribution >= 0.6 is 0 Å². The molecule has 28 heavy (non-hydrogen) atoms. The summed E-state index contributed by atoms with van der Waals surface area (Å²) in [5.74, 6) is -9.87. The van der Waals surface area contributed by atoms with Gasteiger partial charge in [-0.05, 0) is 36.3 Å². The van der Waals surface area contributed by atoms with Gasteiger partial charge >= 0.3 is 7.12 Å². The highest BCUT2D eigenvalue weighted by molar-refractivity contribution is 6.87. The monoisotopic (exact) mass is 440 g/mol. The molecule has 1 aromatic rings. The van der Waals surface area contributed by atoms with Gasteiger partial charge in [-0.3, -0.25) is 0 Å². The molecule has 160 valence electrons. The van der Waals surface area contributed by atoms with Crippen LogP contribution < -0.4 is 5.46 Å². The molecule has 0 saturated heterocycles. The molecule has 0 bridgehead atoms. The van der Waals surface area contributed by atoms with Crippen LogP contribution in [0.4, 0.5) is 22.0 Å². The number of rotatable bonds is 11. The van der Waals surface area contributed by atoms with Gasteiger partial charge in [0.05, 0.1) is 5.46 Å². The lowest BCUT2D eigenvalue weighted by atomic mass is 9.79. The van der Waals surface area contributed by atoms with E-state index in [0.717, 1.165) is 0 Å². The van der Waals surface area contributed by atoms with Crippen molar-refractivity contribution in [2.24, 2.45) is 0 Å². The molecule has 1 aromatic carbocycles. The Labute approximate surface area is 167 Å². The van der Waals surface area contributed by atoms with Crippen LogP contribution in [0.25, 0.3) is 0 Å². The fraction of sp³-hybridized carbons (Fsp3) is 0.667. The summed E-state index contributed by atoms with van der Waals surface area (Å²) in [7, 11) is -6.54. The highest BCUT2D eigenvalue weighted by Gasteiger charge is 2.45. The van der Waals surface area contributed by atoms with E-state index < -0.39 is 58.3 Å². The molecule has 0 amide bonds. The minimum Gasteiger partial charge on any atom is -0.449 e. The summed E-state index contributed by atoms with van der Waals surface area (Å²) in [5.41, 5.74) is -1.00. The summed E-state index contributed by atoms with van der Waals surface area (Å²) < 4.78 is 82.8. The minimum absolute atomic E-state index is 0.647. The molecular formula is C18H30BF5O2Si2. The Kier molecular flexibility index (Phi) is 9.37. The van der Waals surface area contributed by atoms with E-state index in [2.05, 4.69) is 0 Å². The zero-order valence-electron chi connectivity index (χ0n) is 17.5. The lowest BCUT2D eigenvalue weighted by molar-refractivity contribution is 0.372. The fourth-order valence-corrected chi connectivity index (χ4v) is 8.76. The molecule has 0 saturated carbocycles. The molecule has 0 aliphatic rings. The van der Waals surface area contributed by atoms with Gasteiger partial charge in [0.15, 0.2) is 45.7 Å². The zero-order chi connectivity index (χ0) is 21.7. The SMILES string of the molecule is CC[Si](CC)(CC)OB(O[Si](CC)(CC)CC)c1c(F)c(F)c(F)c(F)c1F. The van der Waals surface area contributed by atoms with Crippen molar-refractivity contribution in [3.05, 3.63) is 29.1 Å². The van der Waals surface area contributed by atoms with Gasteiger partial charge in [0.1, 0.15) is 0 Å². The maximum absolute atomic E-state index is 14.6. The molecule has 0 radical (unpaired) electrons. The van der Waals surface area contributed by atoms with Gasteiger partial charge in [-0.25, -0.2) is 22.0 Å². The van der Waals surface area contributed by atoms with Crippen LogP contribution in [0.1, 0.15) is 41.5 Å². The third-order valence-corrected chi connectivity index (χ3v) is 15.2. The van der Waals surface area contributed by atoms with Gasteiger partial charge < -0.3 is 8.69 Å². The van der Waals surface area contributed by atoms with Crippen LogP contribution in [-0.2, 0) is 8.69 Å². The predicted molar refractivity (Wildman–Crippen MR) is 108 cm³/mol. The first-order valence-electron chi connectivity index (χ1n) is 9.98. The van der Waals surface area contributed by atoms with Crippen LogP contribution in [0.2, 0.25) is 36.3 Å². The maximum Gasteiger partial charge on any atom is 0.478 e. The van der Waals surface area contributed by atoms with Crippen molar-refractivity contribution >= 4 is 29.2 Å². The number of hydrogen-bond donors (Lipinski definition) is 0. The lowest BCUT2D eigenvalue weighted by Crippen LogP contribution is -2.56. The van der Waals surface area contributed by atoms with E-state index in [1.807, 2.05) is 41.5 Å².